The summed E-state index contributed by atoms with van der Waals surface area (Å²) in [6, 6.07) is 58.2. The highest BCUT2D eigenvalue weighted by atomic mass is 16.5. The minimum absolute atomic E-state index is 0.170. The molecule has 7 aromatic rings. The fraction of sp³-hybridized carbons (Fsp3) is 0.0244. The van der Waals surface area contributed by atoms with Crippen LogP contribution in [0.15, 0.2) is 164 Å². The van der Waals surface area contributed by atoms with Crippen LogP contribution in [0.25, 0.3) is 33.0 Å². The highest BCUT2D eigenvalue weighted by Gasteiger charge is 2.30. The maximum absolute atomic E-state index is 9.27. The van der Waals surface area contributed by atoms with Crippen LogP contribution in [0.5, 0.6) is 5.75 Å². The fourth-order valence-corrected chi connectivity index (χ4v) is 6.72. The molecular weight excluding hydrogens is 549 g/mol. The molecule has 0 fully saturated rings. The van der Waals surface area contributed by atoms with E-state index in [1.54, 1.807) is 0 Å². The first kappa shape index (κ1) is 27.0. The van der Waals surface area contributed by atoms with E-state index in [1.807, 2.05) is 30.3 Å². The minimum atomic E-state index is -0.355. The Balaban J connectivity index is 1.25. The number of anilines is 3. The van der Waals surface area contributed by atoms with Crippen molar-refractivity contribution in [3.05, 3.63) is 180 Å². The van der Waals surface area contributed by atoms with Gasteiger partial charge in [0.15, 0.2) is 0 Å². The van der Waals surface area contributed by atoms with Crippen molar-refractivity contribution in [3.63, 3.8) is 0 Å². The van der Waals surface area contributed by atoms with Crippen molar-refractivity contribution in [2.45, 2.75) is 5.92 Å². The zero-order valence-corrected chi connectivity index (χ0v) is 24.7. The third kappa shape index (κ3) is 4.96. The van der Waals surface area contributed by atoms with Crippen molar-refractivity contribution in [3.8, 4) is 28.0 Å². The summed E-state index contributed by atoms with van der Waals surface area (Å²) < 4.78 is 5.33. The summed E-state index contributed by atoms with van der Waals surface area (Å²) in [7, 11) is -0.355. The molecule has 0 aliphatic heterocycles. The van der Waals surface area contributed by atoms with Crippen molar-refractivity contribution in [1.82, 2.24) is 0 Å². The third-order valence-corrected chi connectivity index (χ3v) is 8.83. The number of hydrogen-bond donors (Lipinski definition) is 1. The van der Waals surface area contributed by atoms with Gasteiger partial charge in [0, 0.05) is 23.0 Å². The van der Waals surface area contributed by atoms with Gasteiger partial charge in [-0.15, -0.1) is 0 Å². The number of benzene rings is 7. The molecule has 0 spiro atoms. The number of nitrogens with zero attached hydrogens (tertiary/aromatic N) is 1. The first-order valence-electron chi connectivity index (χ1n) is 15.3. The molecule has 0 heterocycles. The zero-order chi connectivity index (χ0) is 30.2. The molecule has 0 aromatic heterocycles. The number of rotatable bonds is 7. The average molecular weight is 580 g/mol. The lowest BCUT2D eigenvalue weighted by molar-refractivity contribution is 0.454. The topological polar surface area (TPSA) is 32.7 Å². The van der Waals surface area contributed by atoms with Gasteiger partial charge in [-0.05, 0) is 98.2 Å². The molecule has 0 amide bonds. The first-order valence-corrected chi connectivity index (χ1v) is 15.3. The standard InChI is InChI=1S/C41H30BNO2/c44-42-45-36-23-20-34(21-24-36)43(33-18-16-30(17-19-33)28-8-2-1-3-9-28)35-22-25-39-40(27-35)37-12-6-7-13-38(37)41(39)32-15-14-29-10-4-5-11-31(29)26-32/h1-27,41-42,44H. The smallest absolute Gasteiger partial charge is 0.504 e. The Labute approximate surface area is 263 Å². The first-order chi connectivity index (χ1) is 22.3. The molecule has 214 valence electrons. The van der Waals surface area contributed by atoms with E-state index in [4.69, 9.17) is 4.65 Å². The van der Waals surface area contributed by atoms with Gasteiger partial charge in [0.05, 0.1) is 0 Å². The Morgan fingerprint density at radius 3 is 1.89 bits per heavy atom. The Hall–Kier alpha value is -5.58. The number of hydrogen-bond acceptors (Lipinski definition) is 3. The maximum Gasteiger partial charge on any atom is 0.504 e. The minimum Gasteiger partial charge on any atom is -0.539 e. The van der Waals surface area contributed by atoms with Crippen molar-refractivity contribution < 1.29 is 9.68 Å². The van der Waals surface area contributed by atoms with Gasteiger partial charge in [0.25, 0.3) is 0 Å². The van der Waals surface area contributed by atoms with Gasteiger partial charge < -0.3 is 14.6 Å². The molecule has 3 nitrogen and oxygen atoms in total. The third-order valence-electron chi connectivity index (χ3n) is 8.83. The van der Waals surface area contributed by atoms with Crippen molar-refractivity contribution >= 4 is 35.5 Å². The van der Waals surface area contributed by atoms with Gasteiger partial charge in [0.2, 0.25) is 0 Å². The molecule has 1 unspecified atom stereocenters. The molecule has 1 aliphatic carbocycles. The van der Waals surface area contributed by atoms with Crippen LogP contribution < -0.4 is 9.55 Å². The summed E-state index contributed by atoms with van der Waals surface area (Å²) in [5.41, 5.74) is 12.0. The monoisotopic (exact) mass is 579 g/mol. The van der Waals surface area contributed by atoms with Crippen LogP contribution in [0.4, 0.5) is 17.1 Å². The Bertz CT molecular complexity index is 2130. The molecule has 8 rings (SSSR count). The summed E-state index contributed by atoms with van der Waals surface area (Å²) in [5, 5.41) is 11.8. The molecule has 0 bridgehead atoms. The van der Waals surface area contributed by atoms with Crippen LogP contribution in [-0.4, -0.2) is 12.7 Å². The van der Waals surface area contributed by atoms with Gasteiger partial charge in [0.1, 0.15) is 5.75 Å². The van der Waals surface area contributed by atoms with Gasteiger partial charge in [-0.2, -0.15) is 0 Å². The zero-order valence-electron chi connectivity index (χ0n) is 24.7. The van der Waals surface area contributed by atoms with Crippen molar-refractivity contribution in [1.29, 1.82) is 0 Å². The molecule has 0 saturated heterocycles. The SMILES string of the molecule is OBOc1ccc(N(c2ccc(-c3ccccc3)cc2)c2ccc3c(c2)-c2ccccc2C3c2ccc3ccccc3c2)cc1. The molecule has 0 radical (unpaired) electrons. The second-order valence-electron chi connectivity index (χ2n) is 11.4. The second-order valence-corrected chi connectivity index (χ2v) is 11.4. The van der Waals surface area contributed by atoms with Crippen LogP contribution in [0.2, 0.25) is 0 Å². The van der Waals surface area contributed by atoms with E-state index >= 15 is 0 Å². The fourth-order valence-electron chi connectivity index (χ4n) is 6.72. The molecule has 1 N–H and O–H groups in total. The summed E-state index contributed by atoms with van der Waals surface area (Å²) in [4.78, 5) is 2.28. The lowest BCUT2D eigenvalue weighted by Crippen LogP contribution is -2.10. The summed E-state index contributed by atoms with van der Waals surface area (Å²) in [5.74, 6) is 0.796. The lowest BCUT2D eigenvalue weighted by atomic mass is 9.88. The molecule has 4 heteroatoms. The van der Waals surface area contributed by atoms with Crippen LogP contribution in [-0.2, 0) is 0 Å². The van der Waals surface area contributed by atoms with E-state index in [9.17, 15) is 5.02 Å². The lowest BCUT2D eigenvalue weighted by Gasteiger charge is -2.27. The van der Waals surface area contributed by atoms with Gasteiger partial charge in [-0.1, -0.05) is 115 Å². The Morgan fingerprint density at radius 2 is 1.11 bits per heavy atom. The van der Waals surface area contributed by atoms with Crippen LogP contribution >= 0.6 is 0 Å². The van der Waals surface area contributed by atoms with E-state index in [2.05, 4.69) is 138 Å². The van der Waals surface area contributed by atoms with Crippen molar-refractivity contribution in [2.24, 2.45) is 0 Å². The van der Waals surface area contributed by atoms with E-state index in [0.717, 1.165) is 17.1 Å². The van der Waals surface area contributed by atoms with Gasteiger partial charge in [-0.3, -0.25) is 0 Å². The summed E-state index contributed by atoms with van der Waals surface area (Å²) in [6.45, 7) is 0. The van der Waals surface area contributed by atoms with Crippen LogP contribution in [0.1, 0.15) is 22.6 Å². The van der Waals surface area contributed by atoms with Crippen molar-refractivity contribution in [2.75, 3.05) is 4.90 Å². The Morgan fingerprint density at radius 1 is 0.489 bits per heavy atom. The maximum atomic E-state index is 9.27. The predicted octanol–water partition coefficient (Wildman–Crippen LogP) is 9.77. The van der Waals surface area contributed by atoms with E-state index in [-0.39, 0.29) is 13.6 Å². The van der Waals surface area contributed by atoms with Crippen LogP contribution in [0.3, 0.4) is 0 Å². The molecule has 1 aliphatic rings. The van der Waals surface area contributed by atoms with Gasteiger partial charge >= 0.3 is 7.69 Å². The molecule has 0 saturated carbocycles. The summed E-state index contributed by atoms with van der Waals surface area (Å²) in [6.07, 6.45) is 0. The van der Waals surface area contributed by atoms with E-state index in [0.29, 0.717) is 5.75 Å². The molecule has 45 heavy (non-hydrogen) atoms. The quantitative estimate of drug-likeness (QED) is 0.191. The molecular formula is C41H30BNO2. The van der Waals surface area contributed by atoms with Gasteiger partial charge in [-0.25, -0.2) is 0 Å². The highest BCUT2D eigenvalue weighted by molar-refractivity contribution is 6.17. The largest absolute Gasteiger partial charge is 0.539 e. The molecule has 1 atom stereocenters. The summed E-state index contributed by atoms with van der Waals surface area (Å²) >= 11 is 0. The van der Waals surface area contributed by atoms with E-state index in [1.165, 1.54) is 49.7 Å². The highest BCUT2D eigenvalue weighted by Crippen LogP contribution is 2.50. The number of fused-ring (bicyclic) bond motifs is 4. The van der Waals surface area contributed by atoms with Crippen LogP contribution in [0, 0.1) is 0 Å². The average Bonchev–Trinajstić information content (AvgIpc) is 3.43. The Kier molecular flexibility index (Phi) is 6.90. The normalized spacial score (nSPS) is 13.2. The molecule has 7 aromatic carbocycles. The van der Waals surface area contributed by atoms with E-state index < -0.39 is 0 Å². The second kappa shape index (κ2) is 11.5. The predicted molar refractivity (Wildman–Crippen MR) is 187 cm³/mol.